The predicted molar refractivity (Wildman–Crippen MR) is 83.7 cm³/mol. The number of aromatic nitrogens is 2. The van der Waals surface area contributed by atoms with Crippen molar-refractivity contribution in [2.45, 2.75) is 13.5 Å². The maximum absolute atomic E-state index is 9.51. The molecule has 0 amide bonds. The zero-order valence-electron chi connectivity index (χ0n) is 11.8. The van der Waals surface area contributed by atoms with Crippen molar-refractivity contribution in [3.8, 4) is 11.4 Å². The summed E-state index contributed by atoms with van der Waals surface area (Å²) in [6.45, 7) is 2.52. The number of rotatable bonds is 4. The van der Waals surface area contributed by atoms with Crippen molar-refractivity contribution >= 4 is 5.69 Å². The van der Waals surface area contributed by atoms with Crippen LogP contribution >= 0.6 is 0 Å². The first kappa shape index (κ1) is 13.2. The van der Waals surface area contributed by atoms with Crippen molar-refractivity contribution in [2.75, 3.05) is 5.32 Å². The van der Waals surface area contributed by atoms with Gasteiger partial charge in [-0.3, -0.25) is 0 Å². The smallest absolute Gasteiger partial charge is 0.118 e. The first-order valence-corrected chi connectivity index (χ1v) is 6.86. The summed E-state index contributed by atoms with van der Waals surface area (Å²) < 4.78 is 1.86. The zero-order chi connectivity index (χ0) is 14.7. The third kappa shape index (κ3) is 3.05. The van der Waals surface area contributed by atoms with Crippen LogP contribution in [-0.2, 0) is 6.54 Å². The third-order valence-corrected chi connectivity index (χ3v) is 3.34. The van der Waals surface area contributed by atoms with Gasteiger partial charge >= 0.3 is 0 Å². The molecule has 0 aliphatic heterocycles. The van der Waals surface area contributed by atoms with Gasteiger partial charge in [-0.2, -0.15) is 5.10 Å². The van der Waals surface area contributed by atoms with Crippen LogP contribution in [0.2, 0.25) is 0 Å². The molecular weight excluding hydrogens is 262 g/mol. The molecule has 0 aliphatic rings. The molecule has 2 N–H and O–H groups in total. The molecule has 1 heterocycles. The maximum atomic E-state index is 9.51. The Morgan fingerprint density at radius 1 is 1.10 bits per heavy atom. The van der Waals surface area contributed by atoms with E-state index in [2.05, 4.69) is 10.4 Å². The van der Waals surface area contributed by atoms with Crippen molar-refractivity contribution in [1.29, 1.82) is 0 Å². The topological polar surface area (TPSA) is 50.1 Å². The number of anilines is 1. The molecule has 0 fully saturated rings. The van der Waals surface area contributed by atoms with Gasteiger partial charge in [0, 0.05) is 11.9 Å². The van der Waals surface area contributed by atoms with Gasteiger partial charge in [-0.25, -0.2) is 4.68 Å². The summed E-state index contributed by atoms with van der Waals surface area (Å²) in [5.41, 5.74) is 3.84. The van der Waals surface area contributed by atoms with E-state index in [9.17, 15) is 5.11 Å². The van der Waals surface area contributed by atoms with Crippen LogP contribution in [0.4, 0.5) is 5.69 Å². The van der Waals surface area contributed by atoms with E-state index in [1.165, 1.54) is 0 Å². The largest absolute Gasteiger partial charge is 0.508 e. The average molecular weight is 279 g/mol. The second-order valence-corrected chi connectivity index (χ2v) is 4.94. The Morgan fingerprint density at radius 2 is 1.90 bits per heavy atom. The Labute approximate surface area is 123 Å². The highest BCUT2D eigenvalue weighted by Gasteiger charge is 2.02. The summed E-state index contributed by atoms with van der Waals surface area (Å²) in [5, 5.41) is 17.4. The lowest BCUT2D eigenvalue weighted by Crippen LogP contribution is -2.02. The number of nitrogens with zero attached hydrogens (tertiary/aromatic N) is 2. The number of hydrogen-bond acceptors (Lipinski definition) is 3. The molecule has 4 heteroatoms. The molecule has 106 valence electrons. The normalized spacial score (nSPS) is 10.5. The van der Waals surface area contributed by atoms with Crippen LogP contribution in [0, 0.1) is 6.92 Å². The van der Waals surface area contributed by atoms with E-state index in [4.69, 9.17) is 0 Å². The number of aryl methyl sites for hydroxylation is 1. The summed E-state index contributed by atoms with van der Waals surface area (Å²) in [6, 6.07) is 17.5. The Bertz CT molecular complexity index is 735. The summed E-state index contributed by atoms with van der Waals surface area (Å²) in [6.07, 6.45) is 1.95. The average Bonchev–Trinajstić information content (AvgIpc) is 2.98. The van der Waals surface area contributed by atoms with Crippen LogP contribution in [0.3, 0.4) is 0 Å². The standard InChI is InChI=1S/C17H17N3O/c1-13-11-14(7-8-17(13)21)18-12-15-9-10-20(19-15)16-5-3-2-4-6-16/h2-11,18,21H,12H2,1H3. The van der Waals surface area contributed by atoms with Crippen molar-refractivity contribution in [3.63, 3.8) is 0 Å². The number of aromatic hydroxyl groups is 1. The van der Waals surface area contributed by atoms with E-state index in [1.807, 2.05) is 66.3 Å². The first-order chi connectivity index (χ1) is 10.2. The van der Waals surface area contributed by atoms with E-state index in [0.29, 0.717) is 12.3 Å². The number of phenols is 1. The zero-order valence-corrected chi connectivity index (χ0v) is 11.8. The highest BCUT2D eigenvalue weighted by atomic mass is 16.3. The molecular formula is C17H17N3O. The van der Waals surface area contributed by atoms with Crippen LogP contribution < -0.4 is 5.32 Å². The molecule has 0 aliphatic carbocycles. The van der Waals surface area contributed by atoms with Crippen molar-refractivity contribution in [1.82, 2.24) is 9.78 Å². The van der Waals surface area contributed by atoms with Crippen LogP contribution in [0.5, 0.6) is 5.75 Å². The highest BCUT2D eigenvalue weighted by Crippen LogP contribution is 2.20. The molecule has 0 bridgehead atoms. The summed E-state index contributed by atoms with van der Waals surface area (Å²) >= 11 is 0. The lowest BCUT2D eigenvalue weighted by Gasteiger charge is -2.06. The molecule has 3 rings (SSSR count). The van der Waals surface area contributed by atoms with Gasteiger partial charge in [0.1, 0.15) is 5.75 Å². The second kappa shape index (κ2) is 5.71. The SMILES string of the molecule is Cc1cc(NCc2ccn(-c3ccccc3)n2)ccc1O. The summed E-state index contributed by atoms with van der Waals surface area (Å²) in [7, 11) is 0. The van der Waals surface area contributed by atoms with E-state index >= 15 is 0 Å². The number of phenolic OH excluding ortho intramolecular Hbond substituents is 1. The van der Waals surface area contributed by atoms with Gasteiger partial charge in [-0.1, -0.05) is 18.2 Å². The fraction of sp³-hybridized carbons (Fsp3) is 0.118. The monoisotopic (exact) mass is 279 g/mol. The minimum atomic E-state index is 0.314. The van der Waals surface area contributed by atoms with Crippen molar-refractivity contribution in [3.05, 3.63) is 72.1 Å². The molecule has 0 spiro atoms. The molecule has 1 aromatic heterocycles. The fourth-order valence-electron chi connectivity index (χ4n) is 2.14. The molecule has 0 radical (unpaired) electrons. The maximum Gasteiger partial charge on any atom is 0.118 e. The predicted octanol–water partition coefficient (Wildman–Crippen LogP) is 3.50. The quantitative estimate of drug-likeness (QED) is 0.719. The molecule has 0 saturated carbocycles. The summed E-state index contributed by atoms with van der Waals surface area (Å²) in [5.74, 6) is 0.314. The van der Waals surface area contributed by atoms with Crippen LogP contribution in [0.25, 0.3) is 5.69 Å². The van der Waals surface area contributed by atoms with E-state index in [-0.39, 0.29) is 0 Å². The number of nitrogens with one attached hydrogen (secondary N) is 1. The van der Waals surface area contributed by atoms with Gasteiger partial charge in [0.25, 0.3) is 0 Å². The number of para-hydroxylation sites is 1. The second-order valence-electron chi connectivity index (χ2n) is 4.94. The van der Waals surface area contributed by atoms with Crippen LogP contribution in [-0.4, -0.2) is 14.9 Å². The molecule has 0 atom stereocenters. The van der Waals surface area contributed by atoms with Gasteiger partial charge in [-0.15, -0.1) is 0 Å². The first-order valence-electron chi connectivity index (χ1n) is 6.86. The van der Waals surface area contributed by atoms with Gasteiger partial charge < -0.3 is 10.4 Å². The molecule has 2 aromatic carbocycles. The lowest BCUT2D eigenvalue weighted by molar-refractivity contribution is 0.471. The molecule has 0 saturated heterocycles. The molecule has 0 unspecified atom stereocenters. The Balaban J connectivity index is 1.69. The van der Waals surface area contributed by atoms with Gasteiger partial charge in [0.05, 0.1) is 17.9 Å². The van der Waals surface area contributed by atoms with E-state index < -0.39 is 0 Å². The molecule has 4 nitrogen and oxygen atoms in total. The van der Waals surface area contributed by atoms with Crippen LogP contribution in [0.1, 0.15) is 11.3 Å². The van der Waals surface area contributed by atoms with E-state index in [0.717, 1.165) is 22.6 Å². The van der Waals surface area contributed by atoms with Crippen LogP contribution in [0.15, 0.2) is 60.8 Å². The van der Waals surface area contributed by atoms with Gasteiger partial charge in [0.15, 0.2) is 0 Å². The Hall–Kier alpha value is -2.75. The fourth-order valence-corrected chi connectivity index (χ4v) is 2.14. The highest BCUT2D eigenvalue weighted by molar-refractivity contribution is 5.50. The van der Waals surface area contributed by atoms with Crippen molar-refractivity contribution in [2.24, 2.45) is 0 Å². The number of hydrogen-bond donors (Lipinski definition) is 2. The minimum absolute atomic E-state index is 0.314. The number of benzene rings is 2. The Kier molecular flexibility index (Phi) is 3.60. The van der Waals surface area contributed by atoms with Crippen molar-refractivity contribution < 1.29 is 5.11 Å². The summed E-state index contributed by atoms with van der Waals surface area (Å²) in [4.78, 5) is 0. The minimum Gasteiger partial charge on any atom is -0.508 e. The van der Waals surface area contributed by atoms with Gasteiger partial charge in [-0.05, 0) is 48.9 Å². The Morgan fingerprint density at radius 3 is 2.67 bits per heavy atom. The van der Waals surface area contributed by atoms with E-state index in [1.54, 1.807) is 6.07 Å². The third-order valence-electron chi connectivity index (χ3n) is 3.34. The lowest BCUT2D eigenvalue weighted by atomic mass is 10.2. The van der Waals surface area contributed by atoms with Gasteiger partial charge in [0.2, 0.25) is 0 Å². The molecule has 3 aromatic rings. The molecule has 21 heavy (non-hydrogen) atoms.